The van der Waals surface area contributed by atoms with Crippen LogP contribution in [0.4, 0.5) is 11.4 Å². The molecular weight excluding hydrogens is 164 g/mol. The van der Waals surface area contributed by atoms with Gasteiger partial charge in [0, 0.05) is 0 Å². The van der Waals surface area contributed by atoms with Gasteiger partial charge in [-0.1, -0.05) is 0 Å². The van der Waals surface area contributed by atoms with Gasteiger partial charge in [-0.05, 0) is 18.2 Å². The molecule has 0 saturated heterocycles. The van der Waals surface area contributed by atoms with E-state index in [2.05, 4.69) is 4.72 Å². The number of nitrogens with one attached hydrogen (secondary N) is 1. The molecule has 0 spiro atoms. The SMILES string of the molecule is Nc1cc2ccc1S(=O)(=O)N2. The Morgan fingerprint density at radius 3 is 2.45 bits per heavy atom. The first-order chi connectivity index (χ1) is 5.09. The number of anilines is 2. The standard InChI is InChI=1S/C6H6N2O2S/c7-5-3-4-1-2-6(5)11(9,10)8-4/h1-3,8H,7H2. The van der Waals surface area contributed by atoms with Crippen LogP contribution in [0.25, 0.3) is 0 Å². The third-order valence-corrected chi connectivity index (χ3v) is 3.01. The van der Waals surface area contributed by atoms with E-state index >= 15 is 0 Å². The summed E-state index contributed by atoms with van der Waals surface area (Å²) >= 11 is 0. The molecule has 0 saturated carbocycles. The first kappa shape index (κ1) is 6.48. The molecule has 2 aliphatic rings. The van der Waals surface area contributed by atoms with Gasteiger partial charge < -0.3 is 5.73 Å². The second-order valence-corrected chi connectivity index (χ2v) is 4.01. The predicted octanol–water partition coefficient (Wildman–Crippen LogP) is 0.383. The van der Waals surface area contributed by atoms with E-state index in [9.17, 15) is 8.42 Å². The Bertz CT molecular complexity index is 411. The maximum atomic E-state index is 11.1. The summed E-state index contributed by atoms with van der Waals surface area (Å²) in [7, 11) is -3.32. The van der Waals surface area contributed by atoms with Crippen molar-refractivity contribution in [1.29, 1.82) is 0 Å². The zero-order valence-corrected chi connectivity index (χ0v) is 6.35. The molecule has 1 aromatic rings. The second kappa shape index (κ2) is 1.68. The van der Waals surface area contributed by atoms with Gasteiger partial charge in [-0.3, -0.25) is 4.72 Å². The Morgan fingerprint density at radius 2 is 2.09 bits per heavy atom. The smallest absolute Gasteiger partial charge is 0.263 e. The van der Waals surface area contributed by atoms with Crippen molar-refractivity contribution < 1.29 is 8.42 Å². The Kier molecular flexibility index (Phi) is 0.987. The van der Waals surface area contributed by atoms with E-state index in [1.54, 1.807) is 12.1 Å². The molecule has 2 heterocycles. The van der Waals surface area contributed by atoms with Gasteiger partial charge in [-0.2, -0.15) is 0 Å². The molecule has 2 bridgehead atoms. The summed E-state index contributed by atoms with van der Waals surface area (Å²) in [6.07, 6.45) is 0. The summed E-state index contributed by atoms with van der Waals surface area (Å²) in [4.78, 5) is 0.160. The summed E-state index contributed by atoms with van der Waals surface area (Å²) < 4.78 is 24.6. The van der Waals surface area contributed by atoms with Crippen LogP contribution >= 0.6 is 0 Å². The lowest BCUT2D eigenvalue weighted by atomic mass is 10.3. The first-order valence-electron chi connectivity index (χ1n) is 3.02. The third kappa shape index (κ3) is 0.775. The number of nitrogen functional groups attached to an aromatic ring is 1. The highest BCUT2D eigenvalue weighted by Gasteiger charge is 2.22. The van der Waals surface area contributed by atoms with Crippen molar-refractivity contribution in [3.05, 3.63) is 18.2 Å². The summed E-state index contributed by atoms with van der Waals surface area (Å²) in [5, 5.41) is 0. The first-order valence-corrected chi connectivity index (χ1v) is 4.50. The predicted molar refractivity (Wildman–Crippen MR) is 41.7 cm³/mol. The zero-order chi connectivity index (χ0) is 8.06. The number of nitrogens with two attached hydrogens (primary N) is 1. The van der Waals surface area contributed by atoms with E-state index in [4.69, 9.17) is 5.73 Å². The second-order valence-electron chi connectivity index (χ2n) is 2.36. The fraction of sp³-hybridized carbons (Fsp3) is 0. The Labute approximate surface area is 64.1 Å². The van der Waals surface area contributed by atoms with Crippen LogP contribution < -0.4 is 10.5 Å². The van der Waals surface area contributed by atoms with Crippen molar-refractivity contribution in [2.24, 2.45) is 0 Å². The molecule has 5 heteroatoms. The van der Waals surface area contributed by atoms with Crippen molar-refractivity contribution >= 4 is 21.4 Å². The average Bonchev–Trinajstić information content (AvgIpc) is 1.83. The lowest BCUT2D eigenvalue weighted by molar-refractivity contribution is 0.600. The minimum Gasteiger partial charge on any atom is -0.398 e. The van der Waals surface area contributed by atoms with Gasteiger partial charge in [-0.25, -0.2) is 8.42 Å². The molecule has 0 aromatic heterocycles. The van der Waals surface area contributed by atoms with Crippen LogP contribution in [0, 0.1) is 0 Å². The van der Waals surface area contributed by atoms with Gasteiger partial charge in [0.2, 0.25) is 0 Å². The van der Waals surface area contributed by atoms with Gasteiger partial charge in [0.25, 0.3) is 10.0 Å². The molecule has 0 unspecified atom stereocenters. The molecule has 58 valence electrons. The van der Waals surface area contributed by atoms with Crippen LogP contribution in [0.1, 0.15) is 0 Å². The van der Waals surface area contributed by atoms with Crippen LogP contribution in [0.3, 0.4) is 0 Å². The monoisotopic (exact) mass is 170 g/mol. The number of fused-ring (bicyclic) bond motifs is 3. The highest BCUT2D eigenvalue weighted by atomic mass is 32.2. The number of benzene rings is 1. The highest BCUT2D eigenvalue weighted by Crippen LogP contribution is 2.29. The molecule has 0 amide bonds. The van der Waals surface area contributed by atoms with E-state index < -0.39 is 10.0 Å². The normalized spacial score (nSPS) is 17.8. The van der Waals surface area contributed by atoms with Crippen molar-refractivity contribution in [2.75, 3.05) is 10.5 Å². The maximum absolute atomic E-state index is 11.1. The van der Waals surface area contributed by atoms with E-state index in [1.807, 2.05) is 0 Å². The van der Waals surface area contributed by atoms with Crippen LogP contribution in [0.2, 0.25) is 0 Å². The number of hydrogen-bond acceptors (Lipinski definition) is 3. The zero-order valence-electron chi connectivity index (χ0n) is 5.53. The van der Waals surface area contributed by atoms with Crippen molar-refractivity contribution in [2.45, 2.75) is 4.90 Å². The molecule has 0 fully saturated rings. The molecule has 0 radical (unpaired) electrons. The Hall–Kier alpha value is -1.23. The molecule has 1 aromatic carbocycles. The Balaban J connectivity index is 2.88. The van der Waals surface area contributed by atoms with Crippen molar-refractivity contribution in [3.8, 4) is 0 Å². The van der Waals surface area contributed by atoms with Crippen LogP contribution in [-0.4, -0.2) is 8.42 Å². The summed E-state index contributed by atoms with van der Waals surface area (Å²) in [5.74, 6) is 0. The summed E-state index contributed by atoms with van der Waals surface area (Å²) in [6, 6.07) is 4.76. The highest BCUT2D eigenvalue weighted by molar-refractivity contribution is 7.93. The minimum atomic E-state index is -3.32. The summed E-state index contributed by atoms with van der Waals surface area (Å²) in [6.45, 7) is 0. The van der Waals surface area contributed by atoms with E-state index in [0.717, 1.165) is 0 Å². The van der Waals surface area contributed by atoms with Gasteiger partial charge in [0.05, 0.1) is 11.4 Å². The van der Waals surface area contributed by atoms with Gasteiger partial charge >= 0.3 is 0 Å². The van der Waals surface area contributed by atoms with Crippen LogP contribution in [-0.2, 0) is 10.0 Å². The fourth-order valence-corrected chi connectivity index (χ4v) is 2.23. The topological polar surface area (TPSA) is 72.2 Å². The van der Waals surface area contributed by atoms with Gasteiger partial charge in [-0.15, -0.1) is 0 Å². The largest absolute Gasteiger partial charge is 0.398 e. The fourth-order valence-electron chi connectivity index (χ4n) is 1.07. The molecule has 4 nitrogen and oxygen atoms in total. The third-order valence-electron chi connectivity index (χ3n) is 1.55. The van der Waals surface area contributed by atoms with Crippen molar-refractivity contribution in [3.63, 3.8) is 0 Å². The Morgan fingerprint density at radius 1 is 1.36 bits per heavy atom. The average molecular weight is 170 g/mol. The van der Waals surface area contributed by atoms with Crippen LogP contribution in [0.15, 0.2) is 23.1 Å². The molecule has 11 heavy (non-hydrogen) atoms. The van der Waals surface area contributed by atoms with E-state index in [0.29, 0.717) is 11.4 Å². The van der Waals surface area contributed by atoms with Gasteiger partial charge in [0.1, 0.15) is 4.90 Å². The molecule has 3 N–H and O–H groups in total. The van der Waals surface area contributed by atoms with Crippen LogP contribution in [0.5, 0.6) is 0 Å². The molecular formula is C6H6N2O2S. The molecule has 0 atom stereocenters. The number of rotatable bonds is 0. The van der Waals surface area contributed by atoms with E-state index in [-0.39, 0.29) is 4.90 Å². The molecule has 2 aliphatic heterocycles. The number of hydrogen-bond donors (Lipinski definition) is 2. The quantitative estimate of drug-likeness (QED) is 0.553. The maximum Gasteiger partial charge on any atom is 0.263 e. The van der Waals surface area contributed by atoms with Crippen molar-refractivity contribution in [1.82, 2.24) is 0 Å². The summed E-state index contributed by atoms with van der Waals surface area (Å²) in [5.41, 5.74) is 6.26. The number of sulfonamides is 1. The lowest BCUT2D eigenvalue weighted by Gasteiger charge is -2.16. The molecule has 3 rings (SSSR count). The molecule has 0 aliphatic carbocycles. The lowest BCUT2D eigenvalue weighted by Crippen LogP contribution is -2.19. The van der Waals surface area contributed by atoms with E-state index in [1.165, 1.54) is 6.07 Å². The van der Waals surface area contributed by atoms with Gasteiger partial charge in [0.15, 0.2) is 0 Å². The minimum absolute atomic E-state index is 0.160.